The van der Waals surface area contributed by atoms with Crippen LogP contribution in [0.15, 0.2) is 18.5 Å². The van der Waals surface area contributed by atoms with E-state index in [4.69, 9.17) is 5.73 Å². The minimum absolute atomic E-state index is 0.231. The van der Waals surface area contributed by atoms with E-state index in [-0.39, 0.29) is 12.5 Å². The third-order valence-electron chi connectivity index (χ3n) is 1.52. The molecular formula is C8H13N3O. The number of amides is 1. The molecule has 1 heterocycles. The molecular weight excluding hydrogens is 154 g/mol. The molecule has 0 fully saturated rings. The third kappa shape index (κ3) is 2.75. The predicted octanol–water partition coefficient (Wildman–Crippen LogP) is -0.400. The van der Waals surface area contributed by atoms with Crippen molar-refractivity contribution in [3.63, 3.8) is 0 Å². The number of rotatable bonds is 4. The van der Waals surface area contributed by atoms with E-state index in [1.165, 1.54) is 0 Å². The second kappa shape index (κ2) is 3.92. The summed E-state index contributed by atoms with van der Waals surface area (Å²) in [5.74, 6) is -0.328. The molecule has 4 heteroatoms. The molecule has 0 aliphatic carbocycles. The van der Waals surface area contributed by atoms with Crippen LogP contribution in [-0.2, 0) is 18.4 Å². The molecule has 1 aromatic heterocycles. The van der Waals surface area contributed by atoms with Crippen LogP contribution in [0.5, 0.6) is 0 Å². The zero-order valence-corrected chi connectivity index (χ0v) is 7.08. The van der Waals surface area contributed by atoms with Crippen LogP contribution >= 0.6 is 0 Å². The quantitative estimate of drug-likeness (QED) is 0.641. The van der Waals surface area contributed by atoms with Crippen molar-refractivity contribution in [2.45, 2.75) is 6.54 Å². The first-order chi connectivity index (χ1) is 5.68. The number of carbonyl (C=O) groups excluding carboxylic acids is 1. The second-order valence-corrected chi connectivity index (χ2v) is 2.76. The molecule has 0 spiro atoms. The number of nitrogens with zero attached hydrogens (tertiary/aromatic N) is 1. The van der Waals surface area contributed by atoms with Gasteiger partial charge in [0.05, 0.1) is 6.54 Å². The Morgan fingerprint density at radius 1 is 1.75 bits per heavy atom. The fourth-order valence-electron chi connectivity index (χ4n) is 0.996. The van der Waals surface area contributed by atoms with E-state index >= 15 is 0 Å². The summed E-state index contributed by atoms with van der Waals surface area (Å²) in [5, 5.41) is 2.93. The minimum atomic E-state index is -0.328. The Balaban J connectivity index is 2.29. The lowest BCUT2D eigenvalue weighted by Crippen LogP contribution is -2.27. The van der Waals surface area contributed by atoms with Gasteiger partial charge in [0.15, 0.2) is 0 Å². The lowest BCUT2D eigenvalue weighted by atomic mass is 10.3. The molecule has 4 nitrogen and oxygen atoms in total. The molecule has 66 valence electrons. The Kier molecular flexibility index (Phi) is 2.88. The molecule has 1 aromatic rings. The Labute approximate surface area is 71.4 Å². The van der Waals surface area contributed by atoms with E-state index in [2.05, 4.69) is 5.32 Å². The second-order valence-electron chi connectivity index (χ2n) is 2.76. The van der Waals surface area contributed by atoms with Gasteiger partial charge in [-0.05, 0) is 11.6 Å². The predicted molar refractivity (Wildman–Crippen MR) is 46.3 cm³/mol. The molecule has 0 bridgehead atoms. The van der Waals surface area contributed by atoms with Crippen molar-refractivity contribution >= 4 is 5.91 Å². The van der Waals surface area contributed by atoms with Gasteiger partial charge in [0.25, 0.3) is 0 Å². The van der Waals surface area contributed by atoms with Gasteiger partial charge < -0.3 is 15.6 Å². The highest BCUT2D eigenvalue weighted by atomic mass is 16.1. The summed E-state index contributed by atoms with van der Waals surface area (Å²) >= 11 is 0. The fraction of sp³-hybridized carbons (Fsp3) is 0.375. The van der Waals surface area contributed by atoms with Crippen LogP contribution in [0.2, 0.25) is 0 Å². The molecule has 3 N–H and O–H groups in total. The molecule has 0 aliphatic heterocycles. The highest BCUT2D eigenvalue weighted by molar-refractivity contribution is 5.75. The van der Waals surface area contributed by atoms with Gasteiger partial charge in [0, 0.05) is 26.0 Å². The molecule has 0 radical (unpaired) electrons. The van der Waals surface area contributed by atoms with E-state index in [0.29, 0.717) is 6.54 Å². The van der Waals surface area contributed by atoms with E-state index in [1.807, 2.05) is 30.1 Å². The maximum absolute atomic E-state index is 10.3. The summed E-state index contributed by atoms with van der Waals surface area (Å²) in [5.41, 5.74) is 6.11. The molecule has 0 aromatic carbocycles. The summed E-state index contributed by atoms with van der Waals surface area (Å²) in [6, 6.07) is 1.99. The van der Waals surface area contributed by atoms with Gasteiger partial charge in [-0.2, -0.15) is 0 Å². The van der Waals surface area contributed by atoms with Crippen molar-refractivity contribution in [2.75, 3.05) is 6.54 Å². The lowest BCUT2D eigenvalue weighted by molar-refractivity contribution is -0.117. The number of aromatic nitrogens is 1. The van der Waals surface area contributed by atoms with Crippen LogP contribution in [0.25, 0.3) is 0 Å². The summed E-state index contributed by atoms with van der Waals surface area (Å²) in [4.78, 5) is 10.3. The highest BCUT2D eigenvalue weighted by Crippen LogP contribution is 1.97. The van der Waals surface area contributed by atoms with E-state index in [0.717, 1.165) is 5.56 Å². The van der Waals surface area contributed by atoms with Crippen LogP contribution in [0, 0.1) is 0 Å². The van der Waals surface area contributed by atoms with E-state index in [1.54, 1.807) is 0 Å². The summed E-state index contributed by atoms with van der Waals surface area (Å²) in [7, 11) is 1.96. The van der Waals surface area contributed by atoms with Crippen molar-refractivity contribution in [2.24, 2.45) is 12.8 Å². The van der Waals surface area contributed by atoms with Crippen molar-refractivity contribution in [1.82, 2.24) is 9.88 Å². The summed E-state index contributed by atoms with van der Waals surface area (Å²) in [6.07, 6.45) is 3.95. The number of aryl methyl sites for hydroxylation is 1. The normalized spacial score (nSPS) is 10.1. The monoisotopic (exact) mass is 167 g/mol. The topological polar surface area (TPSA) is 60.1 Å². The Morgan fingerprint density at radius 3 is 3.00 bits per heavy atom. The summed E-state index contributed by atoms with van der Waals surface area (Å²) in [6.45, 7) is 0.915. The average Bonchev–Trinajstić information content (AvgIpc) is 2.35. The zero-order chi connectivity index (χ0) is 8.97. The maximum atomic E-state index is 10.3. The Bertz CT molecular complexity index is 267. The average molecular weight is 167 g/mol. The van der Waals surface area contributed by atoms with E-state index in [9.17, 15) is 4.79 Å². The van der Waals surface area contributed by atoms with Crippen molar-refractivity contribution < 1.29 is 4.79 Å². The van der Waals surface area contributed by atoms with Crippen LogP contribution < -0.4 is 11.1 Å². The number of nitrogens with two attached hydrogens (primary N) is 1. The van der Waals surface area contributed by atoms with Gasteiger partial charge in [-0.1, -0.05) is 0 Å². The molecule has 0 aliphatic rings. The van der Waals surface area contributed by atoms with Gasteiger partial charge in [-0.15, -0.1) is 0 Å². The van der Waals surface area contributed by atoms with Crippen molar-refractivity contribution in [1.29, 1.82) is 0 Å². The highest BCUT2D eigenvalue weighted by Gasteiger charge is 1.95. The SMILES string of the molecule is Cn1ccc(CNCC(N)=O)c1. The van der Waals surface area contributed by atoms with Crippen LogP contribution in [0.4, 0.5) is 0 Å². The fourth-order valence-corrected chi connectivity index (χ4v) is 0.996. The Morgan fingerprint density at radius 2 is 2.50 bits per heavy atom. The number of hydrogen-bond acceptors (Lipinski definition) is 2. The molecule has 12 heavy (non-hydrogen) atoms. The standard InChI is InChI=1S/C8H13N3O/c1-11-3-2-7(6-11)4-10-5-8(9)12/h2-3,6,10H,4-5H2,1H3,(H2,9,12). The molecule has 0 atom stereocenters. The number of hydrogen-bond donors (Lipinski definition) is 2. The minimum Gasteiger partial charge on any atom is -0.369 e. The smallest absolute Gasteiger partial charge is 0.231 e. The zero-order valence-electron chi connectivity index (χ0n) is 7.08. The summed E-state index contributed by atoms with van der Waals surface area (Å²) < 4.78 is 1.96. The van der Waals surface area contributed by atoms with Crippen molar-refractivity contribution in [3.8, 4) is 0 Å². The number of nitrogens with one attached hydrogen (secondary N) is 1. The molecule has 0 saturated carbocycles. The lowest BCUT2D eigenvalue weighted by Gasteiger charge is -1.98. The van der Waals surface area contributed by atoms with Crippen LogP contribution in [0.3, 0.4) is 0 Å². The van der Waals surface area contributed by atoms with Gasteiger partial charge in [-0.25, -0.2) is 0 Å². The first-order valence-electron chi connectivity index (χ1n) is 3.78. The maximum Gasteiger partial charge on any atom is 0.231 e. The number of carbonyl (C=O) groups is 1. The number of primary amides is 1. The van der Waals surface area contributed by atoms with Gasteiger partial charge >= 0.3 is 0 Å². The molecule has 1 rings (SSSR count). The first kappa shape index (κ1) is 8.80. The molecule has 0 unspecified atom stereocenters. The van der Waals surface area contributed by atoms with Crippen molar-refractivity contribution in [3.05, 3.63) is 24.0 Å². The molecule has 0 saturated heterocycles. The largest absolute Gasteiger partial charge is 0.369 e. The molecule has 1 amide bonds. The van der Waals surface area contributed by atoms with Crippen LogP contribution in [-0.4, -0.2) is 17.0 Å². The Hall–Kier alpha value is -1.29. The van der Waals surface area contributed by atoms with Crippen LogP contribution in [0.1, 0.15) is 5.56 Å². The third-order valence-corrected chi connectivity index (χ3v) is 1.52. The van der Waals surface area contributed by atoms with Gasteiger partial charge in [0.1, 0.15) is 0 Å². The van der Waals surface area contributed by atoms with Gasteiger partial charge in [0.2, 0.25) is 5.91 Å². The first-order valence-corrected chi connectivity index (χ1v) is 3.78. The van der Waals surface area contributed by atoms with E-state index < -0.39 is 0 Å². The van der Waals surface area contributed by atoms with Gasteiger partial charge in [-0.3, -0.25) is 4.79 Å².